The largest absolute Gasteiger partial charge is 0.497 e. The Morgan fingerprint density at radius 3 is 3.22 bits per heavy atom. The van der Waals surface area contributed by atoms with Crippen LogP contribution in [0.25, 0.3) is 11.0 Å². The number of hydrogen-bond donors (Lipinski definition) is 1. The van der Waals surface area contributed by atoms with Crippen LogP contribution in [0.4, 0.5) is 0 Å². The van der Waals surface area contributed by atoms with Gasteiger partial charge in [0.15, 0.2) is 0 Å². The van der Waals surface area contributed by atoms with Crippen LogP contribution in [-0.4, -0.2) is 35.2 Å². The van der Waals surface area contributed by atoms with Gasteiger partial charge >= 0.3 is 0 Å². The summed E-state index contributed by atoms with van der Waals surface area (Å²) in [5, 5.41) is 12.0. The van der Waals surface area contributed by atoms with Gasteiger partial charge in [-0.15, -0.1) is 5.10 Å². The molecule has 1 aliphatic rings. The van der Waals surface area contributed by atoms with E-state index < -0.39 is 0 Å². The molecule has 1 atom stereocenters. The van der Waals surface area contributed by atoms with Crippen LogP contribution in [0.15, 0.2) is 18.2 Å². The first-order chi connectivity index (χ1) is 8.88. The van der Waals surface area contributed by atoms with Crippen molar-refractivity contribution in [1.29, 1.82) is 0 Å². The maximum Gasteiger partial charge on any atom is 0.121 e. The van der Waals surface area contributed by atoms with Gasteiger partial charge in [-0.2, -0.15) is 0 Å². The van der Waals surface area contributed by atoms with Gasteiger partial charge in [0.2, 0.25) is 0 Å². The van der Waals surface area contributed by atoms with Crippen molar-refractivity contribution >= 4 is 11.0 Å². The molecule has 2 aromatic rings. The molecule has 1 aliphatic heterocycles. The maximum absolute atomic E-state index is 5.21. The van der Waals surface area contributed by atoms with Gasteiger partial charge in [0, 0.05) is 12.6 Å². The Hall–Kier alpha value is -1.62. The lowest BCUT2D eigenvalue weighted by atomic mass is 10.1. The first kappa shape index (κ1) is 11.5. The lowest BCUT2D eigenvalue weighted by Gasteiger charge is -2.15. The van der Waals surface area contributed by atoms with Gasteiger partial charge in [0.05, 0.1) is 18.7 Å². The zero-order valence-electron chi connectivity index (χ0n) is 10.6. The first-order valence-electron chi connectivity index (χ1n) is 6.48. The topological polar surface area (TPSA) is 52.0 Å². The van der Waals surface area contributed by atoms with Gasteiger partial charge in [-0.1, -0.05) is 11.6 Å². The molecule has 1 N–H and O–H groups in total. The summed E-state index contributed by atoms with van der Waals surface area (Å²) in [7, 11) is 1.67. The van der Waals surface area contributed by atoms with Crippen LogP contribution in [0.2, 0.25) is 0 Å². The van der Waals surface area contributed by atoms with Gasteiger partial charge in [0.25, 0.3) is 0 Å². The van der Waals surface area contributed by atoms with Gasteiger partial charge in [-0.25, -0.2) is 4.68 Å². The average molecular weight is 246 g/mol. The van der Waals surface area contributed by atoms with E-state index in [1.54, 1.807) is 7.11 Å². The highest BCUT2D eigenvalue weighted by molar-refractivity contribution is 5.76. The molecule has 0 bridgehead atoms. The molecular weight excluding hydrogens is 228 g/mol. The van der Waals surface area contributed by atoms with E-state index in [-0.39, 0.29) is 0 Å². The smallest absolute Gasteiger partial charge is 0.121 e. The van der Waals surface area contributed by atoms with Gasteiger partial charge < -0.3 is 10.1 Å². The zero-order chi connectivity index (χ0) is 12.4. The minimum absolute atomic E-state index is 0.408. The number of hydrogen-bond acceptors (Lipinski definition) is 4. The molecule has 1 saturated heterocycles. The summed E-state index contributed by atoms with van der Waals surface area (Å²) in [4.78, 5) is 0. The molecule has 2 heterocycles. The third-order valence-corrected chi connectivity index (χ3v) is 3.54. The van der Waals surface area contributed by atoms with Crippen molar-refractivity contribution in [3.8, 4) is 5.75 Å². The van der Waals surface area contributed by atoms with Crippen LogP contribution in [0.1, 0.15) is 25.3 Å². The van der Waals surface area contributed by atoms with E-state index >= 15 is 0 Å². The van der Waals surface area contributed by atoms with Crippen molar-refractivity contribution in [3.63, 3.8) is 0 Å². The van der Waals surface area contributed by atoms with Gasteiger partial charge in [-0.05, 0) is 31.5 Å². The second kappa shape index (κ2) is 4.94. The number of methoxy groups -OCH3 is 1. The van der Waals surface area contributed by atoms with E-state index in [0.717, 1.165) is 36.3 Å². The Balaban J connectivity index is 1.96. The molecule has 3 rings (SSSR count). The number of rotatable bonds is 2. The van der Waals surface area contributed by atoms with E-state index in [1.165, 1.54) is 12.8 Å². The highest BCUT2D eigenvalue weighted by Gasteiger charge is 2.17. The number of benzene rings is 1. The second-order valence-corrected chi connectivity index (χ2v) is 4.74. The fourth-order valence-electron chi connectivity index (χ4n) is 2.53. The SMILES string of the molecule is COc1ccc2c(c1)nnn2C1CCCCNC1. The molecule has 0 amide bonds. The molecule has 1 aromatic heterocycles. The average Bonchev–Trinajstić information content (AvgIpc) is 2.64. The quantitative estimate of drug-likeness (QED) is 0.877. The van der Waals surface area contributed by atoms with Crippen LogP contribution in [0, 0.1) is 0 Å². The molecule has 5 heteroatoms. The lowest BCUT2D eigenvalue weighted by Crippen LogP contribution is -2.24. The third kappa shape index (κ3) is 2.06. The number of aromatic nitrogens is 3. The summed E-state index contributed by atoms with van der Waals surface area (Å²) in [6, 6.07) is 6.35. The highest BCUT2D eigenvalue weighted by Crippen LogP contribution is 2.24. The predicted octanol–water partition coefficient (Wildman–Crippen LogP) is 1.75. The fraction of sp³-hybridized carbons (Fsp3) is 0.538. The third-order valence-electron chi connectivity index (χ3n) is 3.54. The minimum atomic E-state index is 0.408. The van der Waals surface area contributed by atoms with E-state index in [9.17, 15) is 0 Å². The number of nitrogens with one attached hydrogen (secondary N) is 1. The van der Waals surface area contributed by atoms with E-state index in [0.29, 0.717) is 6.04 Å². The summed E-state index contributed by atoms with van der Waals surface area (Å²) in [6.07, 6.45) is 3.66. The molecule has 18 heavy (non-hydrogen) atoms. The molecular formula is C13H18N4O. The first-order valence-corrected chi connectivity index (χ1v) is 6.48. The van der Waals surface area contributed by atoms with Gasteiger partial charge in [0.1, 0.15) is 11.3 Å². The zero-order valence-corrected chi connectivity index (χ0v) is 10.6. The lowest BCUT2D eigenvalue weighted by molar-refractivity contribution is 0.415. The van der Waals surface area contributed by atoms with Crippen molar-refractivity contribution in [2.45, 2.75) is 25.3 Å². The van der Waals surface area contributed by atoms with Crippen LogP contribution in [0.5, 0.6) is 5.75 Å². The Bertz CT molecular complexity index is 529. The molecule has 5 nitrogen and oxygen atoms in total. The molecule has 1 unspecified atom stereocenters. The fourth-order valence-corrected chi connectivity index (χ4v) is 2.53. The van der Waals surface area contributed by atoms with E-state index in [2.05, 4.69) is 15.6 Å². The van der Waals surface area contributed by atoms with Crippen LogP contribution >= 0.6 is 0 Å². The monoisotopic (exact) mass is 246 g/mol. The summed E-state index contributed by atoms with van der Waals surface area (Å²) >= 11 is 0. The Morgan fingerprint density at radius 1 is 1.39 bits per heavy atom. The molecule has 0 saturated carbocycles. The second-order valence-electron chi connectivity index (χ2n) is 4.74. The van der Waals surface area contributed by atoms with Crippen molar-refractivity contribution in [3.05, 3.63) is 18.2 Å². The van der Waals surface area contributed by atoms with Crippen molar-refractivity contribution in [2.24, 2.45) is 0 Å². The van der Waals surface area contributed by atoms with Crippen molar-refractivity contribution < 1.29 is 4.74 Å². The summed E-state index contributed by atoms with van der Waals surface area (Å²) in [6.45, 7) is 2.08. The minimum Gasteiger partial charge on any atom is -0.497 e. The Labute approximate surface area is 106 Å². The Morgan fingerprint density at radius 2 is 2.33 bits per heavy atom. The molecule has 96 valence electrons. The molecule has 0 aliphatic carbocycles. The molecule has 1 aromatic carbocycles. The molecule has 0 radical (unpaired) electrons. The Kier molecular flexibility index (Phi) is 3.15. The summed E-state index contributed by atoms with van der Waals surface area (Å²) < 4.78 is 7.26. The van der Waals surface area contributed by atoms with Crippen LogP contribution in [0.3, 0.4) is 0 Å². The predicted molar refractivity (Wildman–Crippen MR) is 69.8 cm³/mol. The summed E-state index contributed by atoms with van der Waals surface area (Å²) in [5.41, 5.74) is 1.99. The van der Waals surface area contributed by atoms with E-state index in [4.69, 9.17) is 4.74 Å². The summed E-state index contributed by atoms with van der Waals surface area (Å²) in [5.74, 6) is 0.827. The van der Waals surface area contributed by atoms with Crippen molar-refractivity contribution in [1.82, 2.24) is 20.3 Å². The van der Waals surface area contributed by atoms with Crippen LogP contribution in [-0.2, 0) is 0 Å². The normalized spacial score (nSPS) is 20.8. The standard InChI is InChI=1S/C13H18N4O/c1-18-11-5-6-13-12(8-11)15-16-17(13)10-4-2-3-7-14-9-10/h5-6,8,10,14H,2-4,7,9H2,1H3. The van der Waals surface area contributed by atoms with Crippen molar-refractivity contribution in [2.75, 3.05) is 20.2 Å². The van der Waals surface area contributed by atoms with E-state index in [1.807, 2.05) is 22.9 Å². The van der Waals surface area contributed by atoms with Gasteiger partial charge in [-0.3, -0.25) is 0 Å². The van der Waals surface area contributed by atoms with Crippen LogP contribution < -0.4 is 10.1 Å². The highest BCUT2D eigenvalue weighted by atomic mass is 16.5. The molecule has 0 spiro atoms. The maximum atomic E-state index is 5.21. The number of nitrogens with zero attached hydrogens (tertiary/aromatic N) is 3. The molecule has 1 fully saturated rings. The number of ether oxygens (including phenoxy) is 1. The number of fused-ring (bicyclic) bond motifs is 1.